The molecule has 0 unspecified atom stereocenters. The van der Waals surface area contributed by atoms with Gasteiger partial charge in [-0.25, -0.2) is 9.97 Å². The Morgan fingerprint density at radius 1 is 1.03 bits per heavy atom. The average Bonchev–Trinajstić information content (AvgIpc) is 3.49. The molecule has 0 bridgehead atoms. The summed E-state index contributed by atoms with van der Waals surface area (Å²) in [5.74, 6) is 1.14. The summed E-state index contributed by atoms with van der Waals surface area (Å²) in [5.41, 5.74) is 4.63. The molecule has 9 heteroatoms. The van der Waals surface area contributed by atoms with Crippen molar-refractivity contribution >= 4 is 54.1 Å². The average molecular weight is 463 g/mol. The van der Waals surface area contributed by atoms with Crippen LogP contribution in [0.25, 0.3) is 20.4 Å². The van der Waals surface area contributed by atoms with Crippen LogP contribution in [-0.2, 0) is 6.54 Å². The maximum atomic E-state index is 13.7. The van der Waals surface area contributed by atoms with Crippen LogP contribution < -0.4 is 14.4 Å². The van der Waals surface area contributed by atoms with Crippen molar-refractivity contribution in [1.29, 1.82) is 0 Å². The van der Waals surface area contributed by atoms with Crippen LogP contribution in [0.3, 0.4) is 0 Å². The van der Waals surface area contributed by atoms with Gasteiger partial charge in [-0.05, 0) is 42.5 Å². The highest BCUT2D eigenvalue weighted by molar-refractivity contribution is 7.22. The summed E-state index contributed by atoms with van der Waals surface area (Å²) in [4.78, 5) is 28.8. The predicted octanol–water partition coefficient (Wildman–Crippen LogP) is 5.17. The van der Waals surface area contributed by atoms with Gasteiger partial charge in [0, 0.05) is 11.8 Å². The van der Waals surface area contributed by atoms with Crippen molar-refractivity contribution in [1.82, 2.24) is 15.0 Å². The Bertz CT molecular complexity index is 1370. The molecule has 0 spiro atoms. The Morgan fingerprint density at radius 2 is 1.88 bits per heavy atom. The first-order valence-electron chi connectivity index (χ1n) is 9.74. The standard InChI is InChI=1S/C23H18N4O3S2/c1-29-17-8-9-18(30-2)21-20(17)26-23(32-21)27(12-15-5-3-4-10-24-15)22(28)14-6-7-16-19(11-14)31-13-25-16/h3-11,13H,12H2,1-2H3. The largest absolute Gasteiger partial charge is 0.495 e. The second-order valence-corrected chi connectivity index (χ2v) is 8.76. The molecule has 0 atom stereocenters. The molecule has 3 aromatic heterocycles. The van der Waals surface area contributed by atoms with E-state index in [1.165, 1.54) is 22.7 Å². The van der Waals surface area contributed by atoms with E-state index >= 15 is 0 Å². The molecule has 0 saturated heterocycles. The van der Waals surface area contributed by atoms with E-state index in [1.807, 2.05) is 42.5 Å². The molecule has 32 heavy (non-hydrogen) atoms. The summed E-state index contributed by atoms with van der Waals surface area (Å²) in [6.45, 7) is 0.283. The van der Waals surface area contributed by atoms with Crippen molar-refractivity contribution in [3.05, 3.63) is 71.5 Å². The second-order valence-electron chi connectivity index (χ2n) is 6.89. The number of carbonyl (C=O) groups excluding carboxylic acids is 1. The summed E-state index contributed by atoms with van der Waals surface area (Å²) in [6, 6.07) is 14.8. The first-order valence-corrected chi connectivity index (χ1v) is 11.4. The lowest BCUT2D eigenvalue weighted by Crippen LogP contribution is -2.30. The van der Waals surface area contributed by atoms with E-state index in [1.54, 1.807) is 36.9 Å². The van der Waals surface area contributed by atoms with E-state index in [2.05, 4.69) is 9.97 Å². The molecule has 7 nitrogen and oxygen atoms in total. The van der Waals surface area contributed by atoms with Gasteiger partial charge in [0.25, 0.3) is 5.91 Å². The monoisotopic (exact) mass is 462 g/mol. The molecule has 0 aliphatic heterocycles. The fourth-order valence-corrected chi connectivity index (χ4v) is 5.20. The molecule has 0 saturated carbocycles. The molecule has 0 radical (unpaired) electrons. The van der Waals surface area contributed by atoms with Crippen molar-refractivity contribution in [3.8, 4) is 11.5 Å². The number of rotatable bonds is 6. The SMILES string of the molecule is COc1ccc(OC)c2sc(N(Cc3ccccn3)C(=O)c3ccc4ncsc4c3)nc12. The molecule has 2 aromatic carbocycles. The third-order valence-corrected chi connectivity index (χ3v) is 6.88. The van der Waals surface area contributed by atoms with Gasteiger partial charge < -0.3 is 9.47 Å². The van der Waals surface area contributed by atoms with Crippen LogP contribution in [0.5, 0.6) is 11.5 Å². The Kier molecular flexibility index (Phi) is 5.42. The minimum absolute atomic E-state index is 0.164. The number of hydrogen-bond donors (Lipinski definition) is 0. The van der Waals surface area contributed by atoms with Gasteiger partial charge in [-0.2, -0.15) is 0 Å². The van der Waals surface area contributed by atoms with Crippen LogP contribution in [0.2, 0.25) is 0 Å². The van der Waals surface area contributed by atoms with E-state index in [4.69, 9.17) is 14.5 Å². The topological polar surface area (TPSA) is 77.4 Å². The van der Waals surface area contributed by atoms with Gasteiger partial charge in [-0.3, -0.25) is 14.7 Å². The van der Waals surface area contributed by atoms with Crippen molar-refractivity contribution in [2.45, 2.75) is 6.54 Å². The molecular weight excluding hydrogens is 444 g/mol. The first kappa shape index (κ1) is 20.3. The normalized spacial score (nSPS) is 11.1. The van der Waals surface area contributed by atoms with Crippen molar-refractivity contribution < 1.29 is 14.3 Å². The fourth-order valence-electron chi connectivity index (χ4n) is 3.41. The highest BCUT2D eigenvalue weighted by Crippen LogP contribution is 2.40. The summed E-state index contributed by atoms with van der Waals surface area (Å²) in [5, 5.41) is 0.544. The van der Waals surface area contributed by atoms with E-state index in [-0.39, 0.29) is 12.5 Å². The van der Waals surface area contributed by atoms with Gasteiger partial charge in [0.15, 0.2) is 5.13 Å². The molecule has 0 fully saturated rings. The molecule has 160 valence electrons. The lowest BCUT2D eigenvalue weighted by molar-refractivity contribution is 0.0985. The van der Waals surface area contributed by atoms with E-state index in [9.17, 15) is 4.79 Å². The second kappa shape index (κ2) is 8.52. The van der Waals surface area contributed by atoms with Crippen LogP contribution >= 0.6 is 22.7 Å². The Morgan fingerprint density at radius 3 is 2.66 bits per heavy atom. The van der Waals surface area contributed by atoms with Crippen molar-refractivity contribution in [3.63, 3.8) is 0 Å². The molecule has 1 amide bonds. The molecule has 0 N–H and O–H groups in total. The molecule has 0 aliphatic rings. The summed E-state index contributed by atoms with van der Waals surface area (Å²) in [7, 11) is 3.21. The lowest BCUT2D eigenvalue weighted by atomic mass is 10.2. The number of fused-ring (bicyclic) bond motifs is 2. The molecule has 5 rings (SSSR count). The number of aromatic nitrogens is 3. The highest BCUT2D eigenvalue weighted by atomic mass is 32.1. The van der Waals surface area contributed by atoms with Gasteiger partial charge in [0.05, 0.1) is 42.2 Å². The number of carbonyl (C=O) groups is 1. The van der Waals surface area contributed by atoms with Gasteiger partial charge in [-0.15, -0.1) is 11.3 Å². The molecular formula is C23H18N4O3S2. The van der Waals surface area contributed by atoms with Crippen molar-refractivity contribution in [2.75, 3.05) is 19.1 Å². The number of pyridine rings is 1. The quantitative estimate of drug-likeness (QED) is 0.347. The minimum Gasteiger partial charge on any atom is -0.495 e. The predicted molar refractivity (Wildman–Crippen MR) is 127 cm³/mol. The number of thiazole rings is 2. The van der Waals surface area contributed by atoms with Crippen LogP contribution in [0.1, 0.15) is 16.1 Å². The Balaban J connectivity index is 1.63. The van der Waals surface area contributed by atoms with E-state index < -0.39 is 0 Å². The Labute approximate surface area is 191 Å². The van der Waals surface area contributed by atoms with Gasteiger partial charge in [0.2, 0.25) is 0 Å². The van der Waals surface area contributed by atoms with Crippen LogP contribution in [0.4, 0.5) is 5.13 Å². The maximum Gasteiger partial charge on any atom is 0.260 e. The van der Waals surface area contributed by atoms with E-state index in [0.29, 0.717) is 27.7 Å². The molecule has 5 aromatic rings. The van der Waals surface area contributed by atoms with E-state index in [0.717, 1.165) is 20.6 Å². The minimum atomic E-state index is -0.164. The third-order valence-electron chi connectivity index (χ3n) is 5.00. The number of amides is 1. The molecule has 0 aliphatic carbocycles. The molecule has 3 heterocycles. The Hall–Kier alpha value is -3.56. The zero-order valence-electron chi connectivity index (χ0n) is 17.3. The number of hydrogen-bond acceptors (Lipinski definition) is 8. The zero-order valence-corrected chi connectivity index (χ0v) is 18.9. The summed E-state index contributed by atoms with van der Waals surface area (Å²) < 4.78 is 12.8. The van der Waals surface area contributed by atoms with Gasteiger partial charge >= 0.3 is 0 Å². The summed E-state index contributed by atoms with van der Waals surface area (Å²) in [6.07, 6.45) is 1.71. The first-order chi connectivity index (χ1) is 15.7. The van der Waals surface area contributed by atoms with Crippen LogP contribution in [-0.4, -0.2) is 35.1 Å². The van der Waals surface area contributed by atoms with Crippen LogP contribution in [0, 0.1) is 0 Å². The highest BCUT2D eigenvalue weighted by Gasteiger charge is 2.24. The van der Waals surface area contributed by atoms with Gasteiger partial charge in [0.1, 0.15) is 21.7 Å². The van der Waals surface area contributed by atoms with Crippen LogP contribution in [0.15, 0.2) is 60.2 Å². The number of methoxy groups -OCH3 is 2. The lowest BCUT2D eigenvalue weighted by Gasteiger charge is -2.19. The number of ether oxygens (including phenoxy) is 2. The van der Waals surface area contributed by atoms with Crippen molar-refractivity contribution in [2.24, 2.45) is 0 Å². The van der Waals surface area contributed by atoms with Gasteiger partial charge in [-0.1, -0.05) is 17.4 Å². The third kappa shape index (κ3) is 3.65. The fraction of sp³-hybridized carbons (Fsp3) is 0.130. The number of benzene rings is 2. The number of anilines is 1. The maximum absolute atomic E-state index is 13.7. The smallest absolute Gasteiger partial charge is 0.260 e. The zero-order chi connectivity index (χ0) is 22.1. The summed E-state index contributed by atoms with van der Waals surface area (Å²) >= 11 is 2.89. The number of nitrogens with zero attached hydrogens (tertiary/aromatic N) is 4.